The van der Waals surface area contributed by atoms with Gasteiger partial charge < -0.3 is 14.8 Å². The predicted octanol–water partition coefficient (Wildman–Crippen LogP) is 1.51. The predicted molar refractivity (Wildman–Crippen MR) is 66.8 cm³/mol. The Morgan fingerprint density at radius 3 is 3.00 bits per heavy atom. The second-order valence-corrected chi connectivity index (χ2v) is 4.28. The molecule has 1 aliphatic carbocycles. The third kappa shape index (κ3) is 7.13. The van der Waals surface area contributed by atoms with Crippen LogP contribution in [0.15, 0.2) is 12.2 Å². The summed E-state index contributed by atoms with van der Waals surface area (Å²) < 4.78 is 10.2. The van der Waals surface area contributed by atoms with E-state index in [0.717, 1.165) is 19.3 Å². The molecular weight excluding hydrogens is 218 g/mol. The highest BCUT2D eigenvalue weighted by Gasteiger charge is 2.13. The number of methoxy groups -OCH3 is 1. The SMILES string of the molecule is COCCOCCCNC(=O)CC1C=CCC1. The molecule has 0 aromatic rings. The molecule has 4 heteroatoms. The smallest absolute Gasteiger partial charge is 0.220 e. The Labute approximate surface area is 103 Å². The van der Waals surface area contributed by atoms with Gasteiger partial charge in [0.1, 0.15) is 0 Å². The number of hydrogen-bond acceptors (Lipinski definition) is 3. The van der Waals surface area contributed by atoms with Gasteiger partial charge in [0.2, 0.25) is 5.91 Å². The van der Waals surface area contributed by atoms with Crippen molar-refractivity contribution in [3.63, 3.8) is 0 Å². The van der Waals surface area contributed by atoms with Gasteiger partial charge >= 0.3 is 0 Å². The first-order valence-corrected chi connectivity index (χ1v) is 6.33. The van der Waals surface area contributed by atoms with Gasteiger partial charge in [0, 0.05) is 26.7 Å². The molecule has 0 saturated heterocycles. The number of nitrogens with one attached hydrogen (secondary N) is 1. The molecule has 1 atom stereocenters. The standard InChI is InChI=1S/C13H23NO3/c1-16-9-10-17-8-4-7-14-13(15)11-12-5-2-3-6-12/h2,5,12H,3-4,6-11H2,1H3,(H,14,15). The number of allylic oxidation sites excluding steroid dienone is 2. The zero-order valence-corrected chi connectivity index (χ0v) is 10.6. The normalized spacial score (nSPS) is 18.5. The zero-order valence-electron chi connectivity index (χ0n) is 10.6. The van der Waals surface area contributed by atoms with Crippen LogP contribution in [0.25, 0.3) is 0 Å². The second kappa shape index (κ2) is 9.19. The number of amides is 1. The van der Waals surface area contributed by atoms with Crippen LogP contribution in [0, 0.1) is 5.92 Å². The molecule has 1 unspecified atom stereocenters. The lowest BCUT2D eigenvalue weighted by atomic mass is 10.1. The van der Waals surface area contributed by atoms with E-state index in [1.165, 1.54) is 0 Å². The number of hydrogen-bond donors (Lipinski definition) is 1. The largest absolute Gasteiger partial charge is 0.382 e. The maximum absolute atomic E-state index is 11.5. The van der Waals surface area contributed by atoms with Crippen molar-refractivity contribution in [2.45, 2.75) is 25.7 Å². The highest BCUT2D eigenvalue weighted by atomic mass is 16.5. The topological polar surface area (TPSA) is 47.6 Å². The van der Waals surface area contributed by atoms with E-state index in [9.17, 15) is 4.79 Å². The molecule has 0 heterocycles. The van der Waals surface area contributed by atoms with Gasteiger partial charge in [0.15, 0.2) is 0 Å². The lowest BCUT2D eigenvalue weighted by molar-refractivity contribution is -0.121. The van der Waals surface area contributed by atoms with Crippen molar-refractivity contribution in [3.8, 4) is 0 Å². The van der Waals surface area contributed by atoms with Crippen molar-refractivity contribution in [1.82, 2.24) is 5.32 Å². The third-order valence-corrected chi connectivity index (χ3v) is 2.78. The lowest BCUT2D eigenvalue weighted by Gasteiger charge is -2.08. The summed E-state index contributed by atoms with van der Waals surface area (Å²) in [6, 6.07) is 0. The molecular formula is C13H23NO3. The van der Waals surface area contributed by atoms with Crippen LogP contribution in [0.5, 0.6) is 0 Å². The molecule has 1 N–H and O–H groups in total. The van der Waals surface area contributed by atoms with Gasteiger partial charge in [-0.15, -0.1) is 0 Å². The van der Waals surface area contributed by atoms with E-state index in [4.69, 9.17) is 9.47 Å². The summed E-state index contributed by atoms with van der Waals surface area (Å²) in [5.74, 6) is 0.603. The van der Waals surface area contributed by atoms with Crippen LogP contribution < -0.4 is 5.32 Å². The van der Waals surface area contributed by atoms with Crippen molar-refractivity contribution in [2.24, 2.45) is 5.92 Å². The minimum Gasteiger partial charge on any atom is -0.382 e. The van der Waals surface area contributed by atoms with Crippen molar-refractivity contribution in [2.75, 3.05) is 33.5 Å². The monoisotopic (exact) mass is 241 g/mol. The first-order chi connectivity index (χ1) is 8.33. The highest BCUT2D eigenvalue weighted by molar-refractivity contribution is 5.76. The quantitative estimate of drug-likeness (QED) is 0.492. The van der Waals surface area contributed by atoms with Crippen molar-refractivity contribution in [3.05, 3.63) is 12.2 Å². The fraction of sp³-hybridized carbons (Fsp3) is 0.769. The van der Waals surface area contributed by atoms with Gasteiger partial charge in [-0.2, -0.15) is 0 Å². The molecule has 1 amide bonds. The summed E-state index contributed by atoms with van der Waals surface area (Å²) in [6.07, 6.45) is 8.02. The summed E-state index contributed by atoms with van der Waals surface area (Å²) in [4.78, 5) is 11.5. The molecule has 1 aliphatic rings. The fourth-order valence-electron chi connectivity index (χ4n) is 1.82. The van der Waals surface area contributed by atoms with E-state index in [-0.39, 0.29) is 5.91 Å². The van der Waals surface area contributed by atoms with Gasteiger partial charge in [-0.1, -0.05) is 12.2 Å². The van der Waals surface area contributed by atoms with Crippen LogP contribution in [0.3, 0.4) is 0 Å². The van der Waals surface area contributed by atoms with E-state index in [0.29, 0.717) is 38.7 Å². The average molecular weight is 241 g/mol. The lowest BCUT2D eigenvalue weighted by Crippen LogP contribution is -2.26. The minimum atomic E-state index is 0.151. The molecule has 0 saturated carbocycles. The fourth-order valence-corrected chi connectivity index (χ4v) is 1.82. The Bertz CT molecular complexity index is 241. The van der Waals surface area contributed by atoms with E-state index >= 15 is 0 Å². The van der Waals surface area contributed by atoms with E-state index in [1.54, 1.807) is 7.11 Å². The molecule has 0 spiro atoms. The van der Waals surface area contributed by atoms with E-state index in [1.807, 2.05) is 0 Å². The van der Waals surface area contributed by atoms with E-state index < -0.39 is 0 Å². The molecule has 1 rings (SSSR count). The summed E-state index contributed by atoms with van der Waals surface area (Å²) in [5, 5.41) is 2.92. The van der Waals surface area contributed by atoms with Gasteiger partial charge in [0.25, 0.3) is 0 Å². The van der Waals surface area contributed by atoms with Crippen molar-refractivity contribution < 1.29 is 14.3 Å². The molecule has 0 aromatic heterocycles. The first-order valence-electron chi connectivity index (χ1n) is 6.33. The minimum absolute atomic E-state index is 0.151. The maximum atomic E-state index is 11.5. The molecule has 0 aromatic carbocycles. The van der Waals surface area contributed by atoms with E-state index in [2.05, 4.69) is 17.5 Å². The third-order valence-electron chi connectivity index (χ3n) is 2.78. The number of carbonyl (C=O) groups excluding carboxylic acids is 1. The van der Waals surface area contributed by atoms with Crippen molar-refractivity contribution in [1.29, 1.82) is 0 Å². The van der Waals surface area contributed by atoms with Crippen molar-refractivity contribution >= 4 is 5.91 Å². The number of ether oxygens (including phenoxy) is 2. The molecule has 0 bridgehead atoms. The zero-order chi connectivity index (χ0) is 12.3. The summed E-state index contributed by atoms with van der Waals surface area (Å²) in [5.41, 5.74) is 0. The molecule has 4 nitrogen and oxygen atoms in total. The van der Waals surface area contributed by atoms with Crippen LogP contribution in [0.2, 0.25) is 0 Å². The van der Waals surface area contributed by atoms with Gasteiger partial charge in [-0.05, 0) is 25.2 Å². The van der Waals surface area contributed by atoms with Crippen LogP contribution in [-0.2, 0) is 14.3 Å². The first kappa shape index (κ1) is 14.2. The average Bonchev–Trinajstić information content (AvgIpc) is 2.80. The summed E-state index contributed by atoms with van der Waals surface area (Å²) >= 11 is 0. The summed E-state index contributed by atoms with van der Waals surface area (Å²) in [6.45, 7) is 2.62. The van der Waals surface area contributed by atoms with Gasteiger partial charge in [-0.25, -0.2) is 0 Å². The van der Waals surface area contributed by atoms with Crippen LogP contribution in [0.4, 0.5) is 0 Å². The Balaban J connectivity index is 1.88. The Hall–Kier alpha value is -0.870. The molecule has 0 fully saturated rings. The highest BCUT2D eigenvalue weighted by Crippen LogP contribution is 2.19. The molecule has 0 aliphatic heterocycles. The Morgan fingerprint density at radius 1 is 1.41 bits per heavy atom. The van der Waals surface area contributed by atoms with Crippen LogP contribution in [-0.4, -0.2) is 39.4 Å². The number of carbonyl (C=O) groups is 1. The second-order valence-electron chi connectivity index (χ2n) is 4.28. The van der Waals surface area contributed by atoms with Crippen LogP contribution in [0.1, 0.15) is 25.7 Å². The van der Waals surface area contributed by atoms with Crippen LogP contribution >= 0.6 is 0 Å². The molecule has 98 valence electrons. The Kier molecular flexibility index (Phi) is 7.67. The van der Waals surface area contributed by atoms with Gasteiger partial charge in [-0.3, -0.25) is 4.79 Å². The number of rotatable bonds is 9. The molecule has 0 radical (unpaired) electrons. The van der Waals surface area contributed by atoms with Gasteiger partial charge in [0.05, 0.1) is 13.2 Å². The summed E-state index contributed by atoms with van der Waals surface area (Å²) in [7, 11) is 1.65. The maximum Gasteiger partial charge on any atom is 0.220 e. The Morgan fingerprint density at radius 2 is 2.29 bits per heavy atom. The molecule has 17 heavy (non-hydrogen) atoms.